The fourth-order valence-corrected chi connectivity index (χ4v) is 2.74. The number of amides is 3. The Labute approximate surface area is 118 Å². The topological polar surface area (TPSA) is 81.2 Å². The molecule has 0 radical (unpaired) electrons. The van der Waals surface area contributed by atoms with Crippen molar-refractivity contribution < 1.29 is 19.5 Å². The number of urea groups is 1. The van der Waals surface area contributed by atoms with Crippen LogP contribution in [-0.2, 0) is 9.59 Å². The molecule has 2 fully saturated rings. The van der Waals surface area contributed by atoms with Gasteiger partial charge in [-0.1, -0.05) is 0 Å². The van der Waals surface area contributed by atoms with Gasteiger partial charge in [0.25, 0.3) is 0 Å². The average Bonchev–Trinajstić information content (AvgIpc) is 2.70. The number of hydrogen-bond acceptors (Lipinski definition) is 3. The number of likely N-dealkylation sites (tertiary alicyclic amines) is 1. The van der Waals surface area contributed by atoms with E-state index in [0.717, 1.165) is 0 Å². The largest absolute Gasteiger partial charge is 0.481 e. The summed E-state index contributed by atoms with van der Waals surface area (Å²) in [6, 6.07) is -0.142. The lowest BCUT2D eigenvalue weighted by molar-refractivity contribution is -0.153. The summed E-state index contributed by atoms with van der Waals surface area (Å²) in [7, 11) is 1.70. The van der Waals surface area contributed by atoms with Crippen molar-refractivity contribution in [2.24, 2.45) is 5.41 Å². The number of likely N-dealkylation sites (N-methyl/N-ethyl adjacent to an activating group) is 1. The van der Waals surface area contributed by atoms with Gasteiger partial charge in [-0.15, -0.1) is 0 Å². The smallest absolute Gasteiger partial charge is 0.320 e. The summed E-state index contributed by atoms with van der Waals surface area (Å²) < 4.78 is 0. The van der Waals surface area contributed by atoms with Crippen LogP contribution in [0.15, 0.2) is 0 Å². The third-order valence-electron chi connectivity index (χ3n) is 4.19. The molecule has 0 spiro atoms. The molecule has 2 aliphatic rings. The van der Waals surface area contributed by atoms with E-state index in [0.29, 0.717) is 32.5 Å². The standard InChI is InChI=1S/C13H21N3O4/c1-13(11(18)19)4-3-5-16(9-13)10(17)8-15-7-6-14(2)12(15)20/h3-9H2,1-2H3,(H,18,19). The van der Waals surface area contributed by atoms with E-state index in [-0.39, 0.29) is 25.0 Å². The first-order chi connectivity index (χ1) is 9.33. The maximum absolute atomic E-state index is 12.2. The van der Waals surface area contributed by atoms with Crippen molar-refractivity contribution in [3.8, 4) is 0 Å². The van der Waals surface area contributed by atoms with Gasteiger partial charge in [0.2, 0.25) is 5.91 Å². The summed E-state index contributed by atoms with van der Waals surface area (Å²) in [5.74, 6) is -1.03. The van der Waals surface area contributed by atoms with Crippen molar-refractivity contribution in [2.45, 2.75) is 19.8 Å². The second-order valence-corrected chi connectivity index (χ2v) is 5.91. The van der Waals surface area contributed by atoms with E-state index in [4.69, 9.17) is 0 Å². The Morgan fingerprint density at radius 1 is 1.30 bits per heavy atom. The SMILES string of the molecule is CN1CCN(CC(=O)N2CCCC(C)(C(=O)O)C2)C1=O. The monoisotopic (exact) mass is 283 g/mol. The first kappa shape index (κ1) is 14.6. The quantitative estimate of drug-likeness (QED) is 0.794. The van der Waals surface area contributed by atoms with Gasteiger partial charge < -0.3 is 19.8 Å². The Bertz CT molecular complexity index is 439. The van der Waals surface area contributed by atoms with Crippen LogP contribution in [-0.4, -0.2) is 77.5 Å². The summed E-state index contributed by atoms with van der Waals surface area (Å²) in [6.45, 7) is 3.67. The Morgan fingerprint density at radius 3 is 2.55 bits per heavy atom. The zero-order valence-corrected chi connectivity index (χ0v) is 12.0. The summed E-state index contributed by atoms with van der Waals surface area (Å²) in [5.41, 5.74) is -0.875. The molecule has 2 saturated heterocycles. The average molecular weight is 283 g/mol. The van der Waals surface area contributed by atoms with Crippen LogP contribution in [0.1, 0.15) is 19.8 Å². The van der Waals surface area contributed by atoms with Crippen LogP contribution >= 0.6 is 0 Å². The first-order valence-electron chi connectivity index (χ1n) is 6.85. The van der Waals surface area contributed by atoms with E-state index < -0.39 is 11.4 Å². The van der Waals surface area contributed by atoms with Crippen molar-refractivity contribution >= 4 is 17.9 Å². The number of aliphatic carboxylic acids is 1. The number of carboxylic acid groups (broad SMARTS) is 1. The normalized spacial score (nSPS) is 27.1. The third kappa shape index (κ3) is 2.71. The van der Waals surface area contributed by atoms with Crippen LogP contribution in [0.5, 0.6) is 0 Å². The van der Waals surface area contributed by atoms with E-state index in [2.05, 4.69) is 0 Å². The maximum Gasteiger partial charge on any atom is 0.320 e. The third-order valence-corrected chi connectivity index (χ3v) is 4.19. The number of carbonyl (C=O) groups excluding carboxylic acids is 2. The molecule has 1 atom stereocenters. The van der Waals surface area contributed by atoms with Crippen LogP contribution in [0.3, 0.4) is 0 Å². The minimum absolute atomic E-state index is 0.0405. The molecule has 7 nitrogen and oxygen atoms in total. The number of rotatable bonds is 3. The van der Waals surface area contributed by atoms with Gasteiger partial charge in [-0.25, -0.2) is 4.79 Å². The molecule has 1 N–H and O–H groups in total. The molecule has 0 aliphatic carbocycles. The number of hydrogen-bond donors (Lipinski definition) is 1. The van der Waals surface area contributed by atoms with Gasteiger partial charge in [0.15, 0.2) is 0 Å². The van der Waals surface area contributed by atoms with Gasteiger partial charge in [0.1, 0.15) is 6.54 Å². The number of nitrogens with zero attached hydrogens (tertiary/aromatic N) is 3. The second-order valence-electron chi connectivity index (χ2n) is 5.91. The molecule has 20 heavy (non-hydrogen) atoms. The Balaban J connectivity index is 1.96. The molecule has 1 unspecified atom stereocenters. The van der Waals surface area contributed by atoms with Gasteiger partial charge in [0, 0.05) is 33.2 Å². The van der Waals surface area contributed by atoms with Gasteiger partial charge >= 0.3 is 12.0 Å². The molecule has 3 amide bonds. The molecular formula is C13H21N3O4. The minimum atomic E-state index is -0.875. The molecule has 0 aromatic rings. The van der Waals surface area contributed by atoms with Crippen LogP contribution in [0.4, 0.5) is 4.79 Å². The highest BCUT2D eigenvalue weighted by Gasteiger charge is 2.40. The van der Waals surface area contributed by atoms with Crippen molar-refractivity contribution in [1.82, 2.24) is 14.7 Å². The maximum atomic E-state index is 12.2. The fraction of sp³-hybridized carbons (Fsp3) is 0.769. The van der Waals surface area contributed by atoms with Gasteiger partial charge in [-0.3, -0.25) is 9.59 Å². The van der Waals surface area contributed by atoms with Crippen molar-refractivity contribution in [1.29, 1.82) is 0 Å². The van der Waals surface area contributed by atoms with Crippen molar-refractivity contribution in [3.63, 3.8) is 0 Å². The predicted molar refractivity (Wildman–Crippen MR) is 71.2 cm³/mol. The zero-order chi connectivity index (χ0) is 14.9. The molecule has 112 valence electrons. The van der Waals surface area contributed by atoms with E-state index in [1.54, 1.807) is 23.8 Å². The molecule has 0 aromatic carbocycles. The van der Waals surface area contributed by atoms with Gasteiger partial charge in [-0.2, -0.15) is 0 Å². The number of piperidine rings is 1. The van der Waals surface area contributed by atoms with E-state index >= 15 is 0 Å². The van der Waals surface area contributed by atoms with E-state index in [1.165, 1.54) is 4.90 Å². The minimum Gasteiger partial charge on any atom is -0.481 e. The van der Waals surface area contributed by atoms with Crippen molar-refractivity contribution in [2.75, 3.05) is 39.8 Å². The summed E-state index contributed by atoms with van der Waals surface area (Å²) in [5, 5.41) is 9.25. The van der Waals surface area contributed by atoms with Crippen LogP contribution < -0.4 is 0 Å². The molecule has 2 aliphatic heterocycles. The molecular weight excluding hydrogens is 262 g/mol. The lowest BCUT2D eigenvalue weighted by Gasteiger charge is -2.38. The molecule has 0 aromatic heterocycles. The summed E-state index contributed by atoms with van der Waals surface area (Å²) >= 11 is 0. The van der Waals surface area contributed by atoms with Crippen LogP contribution in [0.2, 0.25) is 0 Å². The molecule has 7 heteroatoms. The lowest BCUT2D eigenvalue weighted by Crippen LogP contribution is -2.51. The molecule has 0 bridgehead atoms. The van der Waals surface area contributed by atoms with E-state index in [1.807, 2.05) is 0 Å². The second kappa shape index (κ2) is 5.30. The van der Waals surface area contributed by atoms with Gasteiger partial charge in [-0.05, 0) is 19.8 Å². The van der Waals surface area contributed by atoms with Crippen LogP contribution in [0.25, 0.3) is 0 Å². The fourth-order valence-electron chi connectivity index (χ4n) is 2.74. The molecule has 2 heterocycles. The van der Waals surface area contributed by atoms with Gasteiger partial charge in [0.05, 0.1) is 5.41 Å². The summed E-state index contributed by atoms with van der Waals surface area (Å²) in [6.07, 6.45) is 1.26. The highest BCUT2D eigenvalue weighted by molar-refractivity contribution is 5.85. The Hall–Kier alpha value is -1.79. The number of carbonyl (C=O) groups is 3. The Kier molecular flexibility index (Phi) is 3.87. The number of carboxylic acids is 1. The predicted octanol–water partition coefficient (Wildman–Crippen LogP) is 0.0671. The highest BCUT2D eigenvalue weighted by Crippen LogP contribution is 2.29. The first-order valence-corrected chi connectivity index (χ1v) is 6.85. The van der Waals surface area contributed by atoms with Crippen molar-refractivity contribution in [3.05, 3.63) is 0 Å². The zero-order valence-electron chi connectivity index (χ0n) is 12.0. The molecule has 2 rings (SSSR count). The van der Waals surface area contributed by atoms with Crippen LogP contribution in [0, 0.1) is 5.41 Å². The lowest BCUT2D eigenvalue weighted by atomic mass is 9.82. The van der Waals surface area contributed by atoms with E-state index in [9.17, 15) is 19.5 Å². The molecule has 0 saturated carbocycles. The Morgan fingerprint density at radius 2 is 2.00 bits per heavy atom. The highest BCUT2D eigenvalue weighted by atomic mass is 16.4. The summed E-state index contributed by atoms with van der Waals surface area (Å²) in [4.78, 5) is 39.9.